The van der Waals surface area contributed by atoms with Crippen LogP contribution in [0.25, 0.3) is 11.0 Å². The van der Waals surface area contributed by atoms with Gasteiger partial charge in [-0.15, -0.1) is 0 Å². The van der Waals surface area contributed by atoms with Crippen molar-refractivity contribution in [1.29, 1.82) is 0 Å². The van der Waals surface area contributed by atoms with E-state index in [4.69, 9.17) is 9.15 Å². The summed E-state index contributed by atoms with van der Waals surface area (Å²) < 4.78 is 10.3. The number of hydrogen-bond acceptors (Lipinski definition) is 7. The van der Waals surface area contributed by atoms with E-state index in [0.29, 0.717) is 16.5 Å². The van der Waals surface area contributed by atoms with Crippen LogP contribution < -0.4 is 5.63 Å². The van der Waals surface area contributed by atoms with Crippen molar-refractivity contribution in [3.63, 3.8) is 0 Å². The molecule has 7 nitrogen and oxygen atoms in total. The van der Waals surface area contributed by atoms with Crippen molar-refractivity contribution in [2.24, 2.45) is 0 Å². The molecule has 0 aliphatic carbocycles. The summed E-state index contributed by atoms with van der Waals surface area (Å²) in [5.74, 6) is -0.621. The highest BCUT2D eigenvalue weighted by Crippen LogP contribution is 2.27. The zero-order valence-corrected chi connectivity index (χ0v) is 12.1. The molecule has 23 heavy (non-hydrogen) atoms. The lowest BCUT2D eigenvalue weighted by molar-refractivity contribution is 0.0466. The first-order valence-corrected chi connectivity index (χ1v) is 6.74. The van der Waals surface area contributed by atoms with E-state index in [1.807, 2.05) is 0 Å². The Kier molecular flexibility index (Phi) is 3.76. The van der Waals surface area contributed by atoms with Gasteiger partial charge in [0.15, 0.2) is 5.69 Å². The van der Waals surface area contributed by atoms with Crippen LogP contribution in [-0.2, 0) is 11.3 Å². The molecule has 0 saturated carbocycles. The molecule has 7 heteroatoms. The second-order valence-electron chi connectivity index (χ2n) is 4.84. The number of aromatic nitrogens is 2. The van der Waals surface area contributed by atoms with Gasteiger partial charge >= 0.3 is 11.6 Å². The molecule has 0 atom stereocenters. The van der Waals surface area contributed by atoms with Crippen molar-refractivity contribution in [1.82, 2.24) is 9.97 Å². The van der Waals surface area contributed by atoms with Crippen LogP contribution in [0.3, 0.4) is 0 Å². The maximum Gasteiger partial charge on any atom is 0.358 e. The third-order valence-corrected chi connectivity index (χ3v) is 3.35. The summed E-state index contributed by atoms with van der Waals surface area (Å²) >= 11 is 0. The second kappa shape index (κ2) is 5.88. The molecular formula is C16H12N2O5. The van der Waals surface area contributed by atoms with E-state index in [1.54, 1.807) is 13.0 Å². The first kappa shape index (κ1) is 14.7. The minimum atomic E-state index is -0.644. The Bertz CT molecular complexity index is 934. The minimum absolute atomic E-state index is 0.0226. The van der Waals surface area contributed by atoms with Crippen LogP contribution >= 0.6 is 0 Å². The summed E-state index contributed by atoms with van der Waals surface area (Å²) in [5, 5.41) is 10.3. The van der Waals surface area contributed by atoms with Gasteiger partial charge in [0.05, 0.1) is 6.20 Å². The van der Waals surface area contributed by atoms with Gasteiger partial charge in [0.25, 0.3) is 0 Å². The number of benzene rings is 1. The zero-order valence-electron chi connectivity index (χ0n) is 12.1. The predicted molar refractivity (Wildman–Crippen MR) is 80.0 cm³/mol. The molecule has 3 rings (SSSR count). The number of nitrogens with zero attached hydrogens (tertiary/aromatic N) is 2. The van der Waals surface area contributed by atoms with Crippen LogP contribution in [0, 0.1) is 6.92 Å². The van der Waals surface area contributed by atoms with Crippen molar-refractivity contribution < 1.29 is 19.1 Å². The van der Waals surface area contributed by atoms with Gasteiger partial charge in [0.1, 0.15) is 17.9 Å². The van der Waals surface area contributed by atoms with Gasteiger partial charge in [0.2, 0.25) is 0 Å². The maximum absolute atomic E-state index is 11.9. The standard InChI is InChI=1S/C16H12N2O5/c1-9-13(19)3-2-11-10(6-14(20)23-15(9)11)8-22-16(21)12-7-17-4-5-18-12/h2-7,19H,8H2,1H3. The van der Waals surface area contributed by atoms with E-state index >= 15 is 0 Å². The molecule has 0 bridgehead atoms. The summed E-state index contributed by atoms with van der Waals surface area (Å²) in [6.07, 6.45) is 4.12. The molecule has 0 unspecified atom stereocenters. The van der Waals surface area contributed by atoms with Gasteiger partial charge in [-0.05, 0) is 19.1 Å². The number of phenols is 1. The molecule has 0 amide bonds. The number of hydrogen-bond donors (Lipinski definition) is 1. The smallest absolute Gasteiger partial charge is 0.358 e. The van der Waals surface area contributed by atoms with Gasteiger partial charge in [-0.1, -0.05) is 0 Å². The van der Waals surface area contributed by atoms with Crippen LogP contribution in [0.15, 0.2) is 46.0 Å². The fourth-order valence-electron chi connectivity index (χ4n) is 2.16. The van der Waals surface area contributed by atoms with Crippen molar-refractivity contribution in [3.05, 3.63) is 64.0 Å². The van der Waals surface area contributed by atoms with Crippen molar-refractivity contribution in [3.8, 4) is 5.75 Å². The third-order valence-electron chi connectivity index (χ3n) is 3.35. The zero-order chi connectivity index (χ0) is 16.4. The number of aryl methyl sites for hydroxylation is 1. The monoisotopic (exact) mass is 312 g/mol. The largest absolute Gasteiger partial charge is 0.508 e. The maximum atomic E-state index is 11.9. The third kappa shape index (κ3) is 2.89. The molecule has 1 aromatic carbocycles. The Morgan fingerprint density at radius 1 is 1.35 bits per heavy atom. The Hall–Kier alpha value is -3.22. The number of phenolic OH excluding ortho intramolecular Hbond substituents is 1. The van der Waals surface area contributed by atoms with Crippen LogP contribution in [-0.4, -0.2) is 21.0 Å². The molecule has 0 radical (unpaired) electrons. The second-order valence-corrected chi connectivity index (χ2v) is 4.84. The van der Waals surface area contributed by atoms with Gasteiger partial charge in [-0.2, -0.15) is 0 Å². The summed E-state index contributed by atoms with van der Waals surface area (Å²) in [4.78, 5) is 31.2. The van der Waals surface area contributed by atoms with Gasteiger partial charge in [0, 0.05) is 35.0 Å². The van der Waals surface area contributed by atoms with Crippen molar-refractivity contribution >= 4 is 16.9 Å². The quantitative estimate of drug-likeness (QED) is 0.582. The molecule has 1 N–H and O–H groups in total. The Balaban J connectivity index is 1.93. The number of carbonyl (C=O) groups is 1. The fourth-order valence-corrected chi connectivity index (χ4v) is 2.16. The van der Waals surface area contributed by atoms with E-state index in [1.165, 1.54) is 30.7 Å². The predicted octanol–water partition coefficient (Wildman–Crippen LogP) is 1.95. The van der Waals surface area contributed by atoms with Gasteiger partial charge in [-0.25, -0.2) is 14.6 Å². The van der Waals surface area contributed by atoms with Gasteiger partial charge in [-0.3, -0.25) is 4.98 Å². The summed E-state index contributed by atoms with van der Waals surface area (Å²) in [7, 11) is 0. The number of rotatable bonds is 3. The molecule has 3 aromatic rings. The number of esters is 1. The lowest BCUT2D eigenvalue weighted by Gasteiger charge is -2.08. The Morgan fingerprint density at radius 3 is 2.91 bits per heavy atom. The first-order chi connectivity index (χ1) is 11.1. The van der Waals surface area contributed by atoms with Crippen LogP contribution in [0.1, 0.15) is 21.6 Å². The number of aromatic hydroxyl groups is 1. The fraction of sp³-hybridized carbons (Fsp3) is 0.125. The molecule has 0 saturated heterocycles. The van der Waals surface area contributed by atoms with Crippen molar-refractivity contribution in [2.45, 2.75) is 13.5 Å². The number of ether oxygens (including phenoxy) is 1. The Labute approximate surface area is 130 Å². The summed E-state index contributed by atoms with van der Waals surface area (Å²) in [6.45, 7) is 1.51. The topological polar surface area (TPSA) is 103 Å². The van der Waals surface area contributed by atoms with Crippen LogP contribution in [0.5, 0.6) is 5.75 Å². The molecule has 2 heterocycles. The molecule has 116 valence electrons. The highest BCUT2D eigenvalue weighted by atomic mass is 16.5. The lowest BCUT2D eigenvalue weighted by atomic mass is 10.1. The SMILES string of the molecule is Cc1c(O)ccc2c(COC(=O)c3cnccn3)cc(=O)oc12. The highest BCUT2D eigenvalue weighted by molar-refractivity contribution is 5.88. The molecule has 0 aliphatic heterocycles. The lowest BCUT2D eigenvalue weighted by Crippen LogP contribution is -2.09. The van der Waals surface area contributed by atoms with E-state index in [9.17, 15) is 14.7 Å². The molecule has 0 aliphatic rings. The van der Waals surface area contributed by atoms with Crippen LogP contribution in [0.2, 0.25) is 0 Å². The number of fused-ring (bicyclic) bond motifs is 1. The summed E-state index contributed by atoms with van der Waals surface area (Å²) in [5.41, 5.74) is 0.687. The van der Waals surface area contributed by atoms with E-state index in [0.717, 1.165) is 0 Å². The van der Waals surface area contributed by atoms with E-state index in [2.05, 4.69) is 9.97 Å². The number of carbonyl (C=O) groups excluding carboxylic acids is 1. The van der Waals surface area contributed by atoms with E-state index in [-0.39, 0.29) is 23.6 Å². The normalized spacial score (nSPS) is 10.7. The first-order valence-electron chi connectivity index (χ1n) is 6.74. The minimum Gasteiger partial charge on any atom is -0.508 e. The average molecular weight is 312 g/mol. The molecular weight excluding hydrogens is 300 g/mol. The Morgan fingerprint density at radius 2 is 2.17 bits per heavy atom. The highest BCUT2D eigenvalue weighted by Gasteiger charge is 2.14. The van der Waals surface area contributed by atoms with Gasteiger partial charge < -0.3 is 14.3 Å². The summed E-state index contributed by atoms with van der Waals surface area (Å²) in [6, 6.07) is 4.35. The molecule has 2 aromatic heterocycles. The van der Waals surface area contributed by atoms with E-state index < -0.39 is 11.6 Å². The average Bonchev–Trinajstić information content (AvgIpc) is 2.57. The molecule has 0 spiro atoms. The van der Waals surface area contributed by atoms with Crippen LogP contribution in [0.4, 0.5) is 0 Å². The van der Waals surface area contributed by atoms with Crippen molar-refractivity contribution in [2.75, 3.05) is 0 Å². The molecule has 0 fully saturated rings.